The van der Waals surface area contributed by atoms with Gasteiger partial charge in [-0.2, -0.15) is 0 Å². The molecule has 0 N–H and O–H groups in total. The number of hydrogen-bond donors (Lipinski definition) is 0. The Bertz CT molecular complexity index is 535. The first kappa shape index (κ1) is 15.4. The van der Waals surface area contributed by atoms with Gasteiger partial charge in [0.1, 0.15) is 9.84 Å². The lowest BCUT2D eigenvalue weighted by atomic mass is 10.0. The first-order valence-electron chi connectivity index (χ1n) is 5.85. The lowest BCUT2D eigenvalue weighted by Crippen LogP contribution is -2.11. The second kappa shape index (κ2) is 6.48. The van der Waals surface area contributed by atoms with Gasteiger partial charge in [0, 0.05) is 22.2 Å². The molecule has 0 radical (unpaired) electrons. The first-order valence-corrected chi connectivity index (χ1v) is 8.47. The second-order valence-corrected chi connectivity index (χ2v) is 7.61. The third-order valence-electron chi connectivity index (χ3n) is 2.79. The van der Waals surface area contributed by atoms with Crippen molar-refractivity contribution in [1.82, 2.24) is 0 Å². The fourth-order valence-corrected chi connectivity index (χ4v) is 3.02. The van der Waals surface area contributed by atoms with Crippen molar-refractivity contribution in [1.29, 1.82) is 0 Å². The molecule has 0 saturated heterocycles. The highest BCUT2D eigenvalue weighted by Crippen LogP contribution is 2.17. The molecule has 0 aliphatic heterocycles. The van der Waals surface area contributed by atoms with E-state index >= 15 is 0 Å². The van der Waals surface area contributed by atoms with Crippen LogP contribution in [0.1, 0.15) is 35.7 Å². The van der Waals surface area contributed by atoms with Crippen LogP contribution in [0, 0.1) is 6.92 Å². The number of sulfone groups is 1. The van der Waals surface area contributed by atoms with E-state index in [0.717, 1.165) is 10.0 Å². The second-order valence-electron chi connectivity index (χ2n) is 4.22. The Kier molecular flexibility index (Phi) is 5.53. The average Bonchev–Trinajstić information content (AvgIpc) is 2.28. The summed E-state index contributed by atoms with van der Waals surface area (Å²) < 4.78 is 23.6. The summed E-state index contributed by atoms with van der Waals surface area (Å²) in [4.78, 5) is 11.9. The van der Waals surface area contributed by atoms with Gasteiger partial charge in [0.15, 0.2) is 5.78 Å². The fraction of sp³-hybridized carbons (Fsp3) is 0.462. The summed E-state index contributed by atoms with van der Waals surface area (Å²) in [5.41, 5.74) is 1.58. The normalized spacial score (nSPS) is 11.5. The Balaban J connectivity index is 2.61. The van der Waals surface area contributed by atoms with Gasteiger partial charge in [-0.05, 0) is 31.0 Å². The third-order valence-corrected chi connectivity index (χ3v) is 5.07. The molecule has 0 unspecified atom stereocenters. The number of hydrogen-bond acceptors (Lipinski definition) is 3. The molecule has 5 heteroatoms. The summed E-state index contributed by atoms with van der Waals surface area (Å²) in [5, 5.41) is 0. The van der Waals surface area contributed by atoms with Gasteiger partial charge in [0.2, 0.25) is 0 Å². The van der Waals surface area contributed by atoms with E-state index in [1.54, 1.807) is 13.0 Å². The number of rotatable bonds is 6. The number of ketones is 1. The molecule has 0 bridgehead atoms. The van der Waals surface area contributed by atoms with Crippen LogP contribution in [0.25, 0.3) is 0 Å². The summed E-state index contributed by atoms with van der Waals surface area (Å²) in [5.74, 6) is 0.231. The molecular formula is C13H17BrO3S. The van der Waals surface area contributed by atoms with Gasteiger partial charge in [-0.1, -0.05) is 28.9 Å². The quantitative estimate of drug-likeness (QED) is 0.752. The molecule has 0 aliphatic rings. The summed E-state index contributed by atoms with van der Waals surface area (Å²) in [6.45, 7) is 3.50. The number of carbonyl (C=O) groups excluding carboxylic acids is 1. The van der Waals surface area contributed by atoms with E-state index in [1.165, 1.54) is 0 Å². The standard InChI is InChI=1S/C13H17BrO3S/c1-3-18(16,17)8-4-5-13(15)12-7-6-11(14)9-10(12)2/h6-7,9H,3-5,8H2,1-2H3. The number of aryl methyl sites for hydroxylation is 1. The van der Waals surface area contributed by atoms with Crippen molar-refractivity contribution < 1.29 is 13.2 Å². The molecular weight excluding hydrogens is 316 g/mol. The molecule has 0 fully saturated rings. The maximum Gasteiger partial charge on any atom is 0.163 e. The average molecular weight is 333 g/mol. The zero-order valence-electron chi connectivity index (χ0n) is 10.6. The Morgan fingerprint density at radius 1 is 1.33 bits per heavy atom. The molecule has 0 amide bonds. The Labute approximate surface area is 117 Å². The van der Waals surface area contributed by atoms with Gasteiger partial charge >= 0.3 is 0 Å². The largest absolute Gasteiger partial charge is 0.294 e. The van der Waals surface area contributed by atoms with Crippen LogP contribution in [0.3, 0.4) is 0 Å². The van der Waals surface area contributed by atoms with Gasteiger partial charge in [-0.15, -0.1) is 0 Å². The Morgan fingerprint density at radius 2 is 2.00 bits per heavy atom. The van der Waals surface area contributed by atoms with E-state index in [2.05, 4.69) is 15.9 Å². The van der Waals surface area contributed by atoms with Crippen molar-refractivity contribution in [3.8, 4) is 0 Å². The van der Waals surface area contributed by atoms with Crippen LogP contribution in [0.15, 0.2) is 22.7 Å². The van der Waals surface area contributed by atoms with Gasteiger partial charge in [0.05, 0.1) is 5.75 Å². The number of halogens is 1. The summed E-state index contributed by atoms with van der Waals surface area (Å²) in [7, 11) is -2.97. The van der Waals surface area contributed by atoms with E-state index in [-0.39, 0.29) is 23.7 Å². The molecule has 0 atom stereocenters. The summed E-state index contributed by atoms with van der Waals surface area (Å²) >= 11 is 3.34. The molecule has 1 aromatic carbocycles. The van der Waals surface area contributed by atoms with E-state index in [9.17, 15) is 13.2 Å². The monoisotopic (exact) mass is 332 g/mol. The maximum absolute atomic E-state index is 11.9. The van der Waals surface area contributed by atoms with Crippen molar-refractivity contribution in [3.63, 3.8) is 0 Å². The third kappa shape index (κ3) is 4.53. The molecule has 0 heterocycles. The fourth-order valence-electron chi connectivity index (χ4n) is 1.67. The molecule has 0 saturated carbocycles. The number of carbonyl (C=O) groups is 1. The van der Waals surface area contributed by atoms with Crippen molar-refractivity contribution in [2.24, 2.45) is 0 Å². The predicted octanol–water partition coefficient (Wildman–Crippen LogP) is 3.16. The lowest BCUT2D eigenvalue weighted by Gasteiger charge is -2.05. The molecule has 0 aromatic heterocycles. The van der Waals surface area contributed by atoms with E-state index < -0.39 is 9.84 Å². The highest BCUT2D eigenvalue weighted by molar-refractivity contribution is 9.10. The van der Waals surface area contributed by atoms with Crippen LogP contribution >= 0.6 is 15.9 Å². The highest BCUT2D eigenvalue weighted by atomic mass is 79.9. The van der Waals surface area contributed by atoms with Gasteiger partial charge in [-0.25, -0.2) is 8.42 Å². The van der Waals surface area contributed by atoms with Crippen LogP contribution < -0.4 is 0 Å². The molecule has 3 nitrogen and oxygen atoms in total. The zero-order valence-corrected chi connectivity index (χ0v) is 13.0. The minimum Gasteiger partial charge on any atom is -0.294 e. The molecule has 18 heavy (non-hydrogen) atoms. The van der Waals surface area contributed by atoms with Gasteiger partial charge in [0.25, 0.3) is 0 Å². The van der Waals surface area contributed by atoms with Crippen molar-refractivity contribution >= 4 is 31.6 Å². The Morgan fingerprint density at radius 3 is 2.56 bits per heavy atom. The highest BCUT2D eigenvalue weighted by Gasteiger charge is 2.12. The minimum absolute atomic E-state index is 0.00584. The summed E-state index contributed by atoms with van der Waals surface area (Å²) in [6.07, 6.45) is 0.673. The predicted molar refractivity (Wildman–Crippen MR) is 76.8 cm³/mol. The summed E-state index contributed by atoms with van der Waals surface area (Å²) in [6, 6.07) is 5.48. The minimum atomic E-state index is -2.97. The molecule has 1 rings (SSSR count). The number of benzene rings is 1. The zero-order chi connectivity index (χ0) is 13.8. The van der Waals surface area contributed by atoms with Gasteiger partial charge in [-0.3, -0.25) is 4.79 Å². The van der Waals surface area contributed by atoms with Crippen molar-refractivity contribution in [2.45, 2.75) is 26.7 Å². The SMILES string of the molecule is CCS(=O)(=O)CCCC(=O)c1ccc(Br)cc1C. The van der Waals surface area contributed by atoms with Crippen LogP contribution in [0.4, 0.5) is 0 Å². The maximum atomic E-state index is 11.9. The number of Topliss-reactive ketones (excluding diaryl/α,β-unsaturated/α-hetero) is 1. The van der Waals surface area contributed by atoms with Crippen LogP contribution in [0.5, 0.6) is 0 Å². The van der Waals surface area contributed by atoms with E-state index in [4.69, 9.17) is 0 Å². The van der Waals surface area contributed by atoms with Crippen LogP contribution in [-0.4, -0.2) is 25.7 Å². The van der Waals surface area contributed by atoms with E-state index in [0.29, 0.717) is 12.0 Å². The molecule has 0 spiro atoms. The van der Waals surface area contributed by atoms with Crippen LogP contribution in [-0.2, 0) is 9.84 Å². The van der Waals surface area contributed by atoms with Crippen molar-refractivity contribution in [3.05, 3.63) is 33.8 Å². The van der Waals surface area contributed by atoms with E-state index in [1.807, 2.05) is 19.1 Å². The molecule has 1 aromatic rings. The topological polar surface area (TPSA) is 51.2 Å². The molecule has 0 aliphatic carbocycles. The Hall–Kier alpha value is -0.680. The van der Waals surface area contributed by atoms with Gasteiger partial charge < -0.3 is 0 Å². The first-order chi connectivity index (χ1) is 8.35. The smallest absolute Gasteiger partial charge is 0.163 e. The van der Waals surface area contributed by atoms with Crippen LogP contribution in [0.2, 0.25) is 0 Å². The van der Waals surface area contributed by atoms with Crippen molar-refractivity contribution in [2.75, 3.05) is 11.5 Å². The lowest BCUT2D eigenvalue weighted by molar-refractivity contribution is 0.0981. The molecule has 100 valence electrons.